The number of carbonyl (C=O) groups excluding carboxylic acids is 1. The zero-order valence-electron chi connectivity index (χ0n) is 20.5. The summed E-state index contributed by atoms with van der Waals surface area (Å²) in [6.45, 7) is 3.55. The van der Waals surface area contributed by atoms with E-state index in [4.69, 9.17) is 16.3 Å². The Morgan fingerprint density at radius 1 is 1.19 bits per heavy atom. The van der Waals surface area contributed by atoms with Gasteiger partial charge in [-0.2, -0.15) is 4.31 Å². The number of pyridine rings is 1. The number of aromatic nitrogens is 1. The van der Waals surface area contributed by atoms with Crippen LogP contribution in [0.5, 0.6) is 5.75 Å². The van der Waals surface area contributed by atoms with Gasteiger partial charge in [0.15, 0.2) is 0 Å². The average Bonchev–Trinajstić information content (AvgIpc) is 2.88. The largest absolute Gasteiger partial charge is 0.495 e. The molecule has 0 bridgehead atoms. The van der Waals surface area contributed by atoms with Gasteiger partial charge in [-0.3, -0.25) is 9.78 Å². The monoisotopic (exact) mass is 530 g/mol. The Bertz CT molecular complexity index is 1350. The van der Waals surface area contributed by atoms with Crippen LogP contribution in [-0.2, 0) is 14.8 Å². The van der Waals surface area contributed by atoms with Crippen LogP contribution in [0.3, 0.4) is 0 Å². The normalized spacial score (nSPS) is 16.6. The number of benzene rings is 2. The number of halogens is 1. The molecule has 0 saturated carbocycles. The molecule has 192 valence electrons. The van der Waals surface area contributed by atoms with Crippen LogP contribution in [0.1, 0.15) is 24.8 Å². The topological polar surface area (TPSA) is 101 Å². The third kappa shape index (κ3) is 5.91. The minimum absolute atomic E-state index is 0.116. The molecule has 4 rings (SSSR count). The van der Waals surface area contributed by atoms with Gasteiger partial charge >= 0.3 is 0 Å². The van der Waals surface area contributed by atoms with E-state index in [1.165, 1.54) is 11.4 Å². The van der Waals surface area contributed by atoms with Crippen molar-refractivity contribution in [2.75, 3.05) is 38.6 Å². The number of nitrogens with one attached hydrogen (secondary N) is 2. The summed E-state index contributed by atoms with van der Waals surface area (Å²) >= 11 is 6.05. The molecule has 1 aliphatic heterocycles. The highest BCUT2D eigenvalue weighted by Crippen LogP contribution is 2.30. The molecule has 1 amide bonds. The highest BCUT2D eigenvalue weighted by Gasteiger charge is 2.34. The van der Waals surface area contributed by atoms with E-state index < -0.39 is 10.0 Å². The van der Waals surface area contributed by atoms with Gasteiger partial charge in [-0.15, -0.1) is 0 Å². The van der Waals surface area contributed by atoms with Gasteiger partial charge in [0, 0.05) is 48.5 Å². The number of sulfonamides is 1. The highest BCUT2D eigenvalue weighted by atomic mass is 35.5. The summed E-state index contributed by atoms with van der Waals surface area (Å²) < 4.78 is 33.3. The van der Waals surface area contributed by atoms with Gasteiger partial charge in [0.1, 0.15) is 10.6 Å². The standard InChI is InChI=1S/C26H31ClN4O4S/c1-18-6-9-24(35-2)25(15-18)36(33,34)31-14-3-5-19(17-31)26(32)30-12-4-11-28-22-10-13-29-23-16-20(27)7-8-21(22)23/h6-10,13,15-16,19H,3-5,11-12,14,17H2,1-2H3,(H,28,29)(H,30,32)/t19-/m1/s1. The van der Waals surface area contributed by atoms with Crippen LogP contribution in [0.2, 0.25) is 5.02 Å². The van der Waals surface area contributed by atoms with Crippen molar-refractivity contribution >= 4 is 44.1 Å². The number of carbonyl (C=O) groups is 1. The first-order chi connectivity index (χ1) is 17.3. The van der Waals surface area contributed by atoms with Gasteiger partial charge in [-0.25, -0.2) is 8.42 Å². The summed E-state index contributed by atoms with van der Waals surface area (Å²) in [5.74, 6) is -0.189. The number of hydrogen-bond donors (Lipinski definition) is 2. The molecule has 1 atom stereocenters. The second-order valence-electron chi connectivity index (χ2n) is 8.95. The summed E-state index contributed by atoms with van der Waals surface area (Å²) in [4.78, 5) is 17.3. The third-order valence-electron chi connectivity index (χ3n) is 6.36. The first kappa shape index (κ1) is 26.2. The van der Waals surface area contributed by atoms with Crippen molar-refractivity contribution in [3.8, 4) is 5.75 Å². The van der Waals surface area contributed by atoms with Crippen molar-refractivity contribution in [2.45, 2.75) is 31.1 Å². The number of anilines is 1. The van der Waals surface area contributed by atoms with E-state index in [9.17, 15) is 13.2 Å². The first-order valence-electron chi connectivity index (χ1n) is 12.0. The van der Waals surface area contributed by atoms with Crippen molar-refractivity contribution < 1.29 is 17.9 Å². The Morgan fingerprint density at radius 3 is 2.83 bits per heavy atom. The van der Waals surface area contributed by atoms with Gasteiger partial charge in [0.2, 0.25) is 15.9 Å². The number of ether oxygens (including phenoxy) is 1. The average molecular weight is 531 g/mol. The van der Waals surface area contributed by atoms with Crippen molar-refractivity contribution in [2.24, 2.45) is 5.92 Å². The molecule has 1 fully saturated rings. The summed E-state index contributed by atoms with van der Waals surface area (Å²) in [6.07, 6.45) is 3.75. The summed E-state index contributed by atoms with van der Waals surface area (Å²) in [5, 5.41) is 7.99. The lowest BCUT2D eigenvalue weighted by Gasteiger charge is -2.31. The van der Waals surface area contributed by atoms with Gasteiger partial charge in [-0.05, 0) is 68.1 Å². The van der Waals surface area contributed by atoms with Crippen molar-refractivity contribution in [1.29, 1.82) is 0 Å². The van der Waals surface area contributed by atoms with Crippen LogP contribution >= 0.6 is 11.6 Å². The number of nitrogens with zero attached hydrogens (tertiary/aromatic N) is 2. The number of methoxy groups -OCH3 is 1. The number of rotatable bonds is 9. The molecule has 2 heterocycles. The van der Waals surface area contributed by atoms with Crippen LogP contribution in [0.25, 0.3) is 10.9 Å². The first-order valence-corrected chi connectivity index (χ1v) is 13.8. The van der Waals surface area contributed by atoms with Gasteiger partial charge < -0.3 is 15.4 Å². The molecular weight excluding hydrogens is 500 g/mol. The second-order valence-corrected chi connectivity index (χ2v) is 11.3. The predicted molar refractivity (Wildman–Crippen MR) is 142 cm³/mol. The molecule has 10 heteroatoms. The summed E-state index contributed by atoms with van der Waals surface area (Å²) in [7, 11) is -2.31. The van der Waals surface area contributed by atoms with Gasteiger partial charge in [-0.1, -0.05) is 17.7 Å². The minimum atomic E-state index is -3.77. The number of piperidine rings is 1. The Hall–Kier alpha value is -2.88. The fourth-order valence-corrected chi connectivity index (χ4v) is 6.37. The van der Waals surface area contributed by atoms with Crippen LogP contribution in [0.4, 0.5) is 5.69 Å². The Balaban J connectivity index is 1.30. The molecule has 0 spiro atoms. The smallest absolute Gasteiger partial charge is 0.246 e. The summed E-state index contributed by atoms with van der Waals surface area (Å²) in [5.41, 5.74) is 2.61. The molecule has 1 aliphatic rings. The lowest BCUT2D eigenvalue weighted by Crippen LogP contribution is -2.45. The Labute approximate surface area is 217 Å². The fraction of sp³-hybridized carbons (Fsp3) is 0.385. The van der Waals surface area contributed by atoms with E-state index >= 15 is 0 Å². The van der Waals surface area contributed by atoms with E-state index in [1.54, 1.807) is 18.3 Å². The fourth-order valence-electron chi connectivity index (χ4n) is 4.44. The zero-order valence-corrected chi connectivity index (χ0v) is 22.0. The number of hydrogen-bond acceptors (Lipinski definition) is 6. The van der Waals surface area contributed by atoms with E-state index in [0.717, 1.165) is 28.6 Å². The molecule has 1 saturated heterocycles. The Morgan fingerprint density at radius 2 is 2.03 bits per heavy atom. The molecular formula is C26H31ClN4O4S. The van der Waals surface area contributed by atoms with Crippen molar-refractivity contribution in [3.05, 3.63) is 59.2 Å². The predicted octanol–water partition coefficient (Wildman–Crippen LogP) is 4.22. The number of aryl methyl sites for hydroxylation is 1. The lowest BCUT2D eigenvalue weighted by molar-refractivity contribution is -0.126. The lowest BCUT2D eigenvalue weighted by atomic mass is 9.99. The quantitative estimate of drug-likeness (QED) is 0.402. The Kier molecular flexibility index (Phi) is 8.33. The molecule has 0 radical (unpaired) electrons. The SMILES string of the molecule is COc1ccc(C)cc1S(=O)(=O)N1CCC[C@@H](C(=O)NCCCNc2ccnc3cc(Cl)ccc23)C1. The maximum atomic E-state index is 13.3. The number of amides is 1. The molecule has 2 aromatic carbocycles. The van der Waals surface area contributed by atoms with Gasteiger partial charge in [0.25, 0.3) is 0 Å². The summed E-state index contributed by atoms with van der Waals surface area (Å²) in [6, 6.07) is 12.6. The van der Waals surface area contributed by atoms with Crippen LogP contribution < -0.4 is 15.4 Å². The molecule has 8 nitrogen and oxygen atoms in total. The van der Waals surface area contributed by atoms with E-state index in [2.05, 4.69) is 15.6 Å². The zero-order chi connectivity index (χ0) is 25.7. The van der Waals surface area contributed by atoms with Crippen molar-refractivity contribution in [3.63, 3.8) is 0 Å². The number of fused-ring (bicyclic) bond motifs is 1. The molecule has 3 aromatic rings. The van der Waals surface area contributed by atoms with Crippen LogP contribution in [0.15, 0.2) is 53.6 Å². The minimum Gasteiger partial charge on any atom is -0.495 e. The second kappa shape index (κ2) is 11.5. The molecule has 0 aliphatic carbocycles. The third-order valence-corrected chi connectivity index (χ3v) is 8.49. The molecule has 0 unspecified atom stereocenters. The maximum absolute atomic E-state index is 13.3. The molecule has 1 aromatic heterocycles. The maximum Gasteiger partial charge on any atom is 0.246 e. The van der Waals surface area contributed by atoms with Crippen LogP contribution in [-0.4, -0.2) is 56.9 Å². The van der Waals surface area contributed by atoms with Crippen molar-refractivity contribution in [1.82, 2.24) is 14.6 Å². The van der Waals surface area contributed by atoms with Crippen LogP contribution in [0, 0.1) is 12.8 Å². The van der Waals surface area contributed by atoms with E-state index in [1.807, 2.05) is 37.3 Å². The van der Waals surface area contributed by atoms with E-state index in [0.29, 0.717) is 43.2 Å². The molecule has 2 N–H and O–H groups in total. The van der Waals surface area contributed by atoms with Gasteiger partial charge in [0.05, 0.1) is 18.5 Å². The van der Waals surface area contributed by atoms with E-state index in [-0.39, 0.29) is 23.3 Å². The molecule has 36 heavy (non-hydrogen) atoms. The highest BCUT2D eigenvalue weighted by molar-refractivity contribution is 7.89.